The Kier molecular flexibility index (Phi) is 65.2. The third-order valence-corrected chi connectivity index (χ3v) is 15.1. The molecule has 0 aromatic carbocycles. The number of carbonyl (C=O) groups is 3. The van der Waals surface area contributed by atoms with E-state index in [0.29, 0.717) is 19.3 Å². The summed E-state index contributed by atoms with van der Waals surface area (Å²) in [5, 5.41) is 0. The number of ether oxygens (including phenoxy) is 3. The lowest BCUT2D eigenvalue weighted by Crippen LogP contribution is -2.30. The second-order valence-corrected chi connectivity index (χ2v) is 23.1. The Morgan fingerprint density at radius 3 is 0.812 bits per heavy atom. The van der Waals surface area contributed by atoms with Gasteiger partial charge in [-0.15, -0.1) is 0 Å². The molecule has 6 nitrogen and oxygen atoms in total. The number of rotatable bonds is 63. The van der Waals surface area contributed by atoms with Gasteiger partial charge in [0, 0.05) is 19.3 Å². The molecule has 0 aliphatic heterocycles. The zero-order chi connectivity index (χ0) is 57.8. The van der Waals surface area contributed by atoms with E-state index in [-0.39, 0.29) is 31.1 Å². The van der Waals surface area contributed by atoms with Crippen molar-refractivity contribution in [1.29, 1.82) is 0 Å². The van der Waals surface area contributed by atoms with E-state index in [4.69, 9.17) is 14.2 Å². The van der Waals surface area contributed by atoms with Gasteiger partial charge in [-0.25, -0.2) is 0 Å². The zero-order valence-electron chi connectivity index (χ0n) is 53.1. The fourth-order valence-corrected chi connectivity index (χ4v) is 9.92. The molecule has 0 N–H and O–H groups in total. The van der Waals surface area contributed by atoms with Crippen molar-refractivity contribution in [2.75, 3.05) is 13.2 Å². The van der Waals surface area contributed by atoms with E-state index in [9.17, 15) is 14.4 Å². The van der Waals surface area contributed by atoms with Crippen LogP contribution in [0, 0.1) is 0 Å². The van der Waals surface area contributed by atoms with Gasteiger partial charge >= 0.3 is 17.9 Å². The van der Waals surface area contributed by atoms with Crippen LogP contribution >= 0.6 is 0 Å². The first-order valence-electron chi connectivity index (χ1n) is 34.6. The van der Waals surface area contributed by atoms with Crippen LogP contribution in [0.2, 0.25) is 0 Å². The number of unbranched alkanes of at least 4 members (excludes halogenated alkanes) is 38. The van der Waals surface area contributed by atoms with Crippen molar-refractivity contribution < 1.29 is 28.6 Å². The molecule has 0 saturated heterocycles. The van der Waals surface area contributed by atoms with E-state index in [1.54, 1.807) is 0 Å². The monoisotopic (exact) mass is 1110 g/mol. The Bertz CT molecular complexity index is 1520. The molecular formula is C74H130O6. The van der Waals surface area contributed by atoms with Crippen LogP contribution in [0.5, 0.6) is 0 Å². The maximum Gasteiger partial charge on any atom is 0.306 e. The van der Waals surface area contributed by atoms with Crippen LogP contribution in [0.25, 0.3) is 0 Å². The first-order valence-corrected chi connectivity index (χ1v) is 34.6. The molecule has 0 spiro atoms. The zero-order valence-corrected chi connectivity index (χ0v) is 53.1. The van der Waals surface area contributed by atoms with Gasteiger partial charge in [-0.05, 0) is 109 Å². The lowest BCUT2D eigenvalue weighted by molar-refractivity contribution is -0.167. The molecule has 0 radical (unpaired) electrons. The third-order valence-electron chi connectivity index (χ3n) is 15.1. The van der Waals surface area contributed by atoms with E-state index in [1.807, 2.05) is 0 Å². The lowest BCUT2D eigenvalue weighted by atomic mass is 10.0. The molecule has 0 aromatic heterocycles. The van der Waals surface area contributed by atoms with E-state index in [2.05, 4.69) is 106 Å². The average molecular weight is 1120 g/mol. The molecule has 0 aliphatic rings. The molecule has 1 atom stereocenters. The Balaban J connectivity index is 4.07. The Morgan fingerprint density at radius 1 is 0.263 bits per heavy atom. The van der Waals surface area contributed by atoms with E-state index < -0.39 is 6.10 Å². The number of carbonyl (C=O) groups excluding carboxylic acids is 3. The van der Waals surface area contributed by atoms with Crippen LogP contribution in [-0.4, -0.2) is 37.2 Å². The fourth-order valence-electron chi connectivity index (χ4n) is 9.92. The Labute approximate surface area is 496 Å². The lowest BCUT2D eigenvalue weighted by Gasteiger charge is -2.18. The molecule has 80 heavy (non-hydrogen) atoms. The second kappa shape index (κ2) is 68.1. The normalized spacial score (nSPS) is 12.6. The minimum atomic E-state index is -0.785. The van der Waals surface area contributed by atoms with Crippen LogP contribution in [-0.2, 0) is 28.6 Å². The molecule has 0 aliphatic carbocycles. The van der Waals surface area contributed by atoms with Crippen molar-refractivity contribution in [3.8, 4) is 0 Å². The topological polar surface area (TPSA) is 78.9 Å². The highest BCUT2D eigenvalue weighted by Gasteiger charge is 2.19. The van der Waals surface area contributed by atoms with E-state index in [0.717, 1.165) is 116 Å². The van der Waals surface area contributed by atoms with Gasteiger partial charge in [0.25, 0.3) is 0 Å². The smallest absolute Gasteiger partial charge is 0.306 e. The largest absolute Gasteiger partial charge is 0.462 e. The molecule has 0 fully saturated rings. The predicted molar refractivity (Wildman–Crippen MR) is 348 cm³/mol. The standard InChI is InChI=1S/C74H130O6/c1-4-7-10-13-16-19-22-24-26-28-29-30-31-32-33-34-35-36-37-38-39-40-41-42-43-44-45-46-48-49-52-55-58-61-64-67-73(76)79-70-71(69-78-72(75)66-63-60-57-54-51-21-18-15-12-9-6-3)80-74(77)68-65-62-59-56-53-50-47-27-25-23-20-17-14-11-8-5-2/h7,10,15-16,18-20,23-24,26-27,29-30,47,71H,4-6,8-9,11-14,17,21-22,25,28,31-46,48-70H2,1-3H3/b10-7-,18-15-,19-16-,23-20-,26-24-,30-29-,47-27-. The predicted octanol–water partition coefficient (Wildman–Crippen LogP) is 23.8. The summed E-state index contributed by atoms with van der Waals surface area (Å²) in [5.74, 6) is -0.889. The van der Waals surface area contributed by atoms with Crippen molar-refractivity contribution in [2.24, 2.45) is 0 Å². The first-order chi connectivity index (χ1) is 39.5. The highest BCUT2D eigenvalue weighted by atomic mass is 16.6. The molecule has 0 amide bonds. The summed E-state index contributed by atoms with van der Waals surface area (Å²) in [5.41, 5.74) is 0. The van der Waals surface area contributed by atoms with Crippen LogP contribution in [0.15, 0.2) is 85.1 Å². The number of esters is 3. The number of allylic oxidation sites excluding steroid dienone is 14. The highest BCUT2D eigenvalue weighted by molar-refractivity contribution is 5.71. The van der Waals surface area contributed by atoms with Gasteiger partial charge in [0.15, 0.2) is 6.10 Å². The number of hydrogen-bond donors (Lipinski definition) is 0. The van der Waals surface area contributed by atoms with Gasteiger partial charge in [-0.2, -0.15) is 0 Å². The van der Waals surface area contributed by atoms with Gasteiger partial charge in [-0.1, -0.05) is 305 Å². The summed E-state index contributed by atoms with van der Waals surface area (Å²) in [7, 11) is 0. The summed E-state index contributed by atoms with van der Waals surface area (Å²) < 4.78 is 16.9. The molecule has 462 valence electrons. The highest BCUT2D eigenvalue weighted by Crippen LogP contribution is 2.17. The van der Waals surface area contributed by atoms with Gasteiger partial charge in [0.05, 0.1) is 0 Å². The maximum atomic E-state index is 12.9. The van der Waals surface area contributed by atoms with Gasteiger partial charge in [0.1, 0.15) is 13.2 Å². The maximum absolute atomic E-state index is 12.9. The van der Waals surface area contributed by atoms with Crippen molar-refractivity contribution in [3.63, 3.8) is 0 Å². The van der Waals surface area contributed by atoms with Crippen LogP contribution in [0.4, 0.5) is 0 Å². The van der Waals surface area contributed by atoms with Crippen molar-refractivity contribution in [2.45, 2.75) is 354 Å². The molecule has 0 rings (SSSR count). The van der Waals surface area contributed by atoms with Gasteiger partial charge in [0.2, 0.25) is 0 Å². The number of hydrogen-bond acceptors (Lipinski definition) is 6. The van der Waals surface area contributed by atoms with E-state index >= 15 is 0 Å². The first kappa shape index (κ1) is 76.6. The van der Waals surface area contributed by atoms with Crippen molar-refractivity contribution in [1.82, 2.24) is 0 Å². The Morgan fingerprint density at radius 2 is 0.500 bits per heavy atom. The Hall–Kier alpha value is -3.41. The molecule has 0 heterocycles. The molecule has 0 aromatic rings. The second-order valence-electron chi connectivity index (χ2n) is 23.1. The van der Waals surface area contributed by atoms with E-state index in [1.165, 1.54) is 193 Å². The fraction of sp³-hybridized carbons (Fsp3) is 0.770. The van der Waals surface area contributed by atoms with Crippen LogP contribution in [0.1, 0.15) is 348 Å². The summed E-state index contributed by atoms with van der Waals surface area (Å²) in [4.78, 5) is 38.3. The minimum absolute atomic E-state index is 0.0805. The minimum Gasteiger partial charge on any atom is -0.462 e. The SMILES string of the molecule is CC/C=C\C/C=C\C/C=C\C/C=C\CCCCCCCCCCCCCCCCCCCCCCCCC(=O)OCC(COC(=O)CCCCCCC/C=C\CCCC)OC(=O)CCCCCCC/C=C\C/C=C\CCCCCC. The average Bonchev–Trinajstić information content (AvgIpc) is 3.46. The summed E-state index contributed by atoms with van der Waals surface area (Å²) in [6.45, 7) is 6.49. The summed E-state index contributed by atoms with van der Waals surface area (Å²) in [6.07, 6.45) is 90.6. The van der Waals surface area contributed by atoms with Gasteiger partial charge in [-0.3, -0.25) is 14.4 Å². The molecule has 0 bridgehead atoms. The summed E-state index contributed by atoms with van der Waals surface area (Å²) >= 11 is 0. The quantitative estimate of drug-likeness (QED) is 0.0261. The molecular weight excluding hydrogens is 985 g/mol. The third kappa shape index (κ3) is 65.4. The van der Waals surface area contributed by atoms with Gasteiger partial charge < -0.3 is 14.2 Å². The molecule has 1 unspecified atom stereocenters. The molecule has 6 heteroatoms. The summed E-state index contributed by atoms with van der Waals surface area (Å²) in [6, 6.07) is 0. The van der Waals surface area contributed by atoms with Crippen molar-refractivity contribution >= 4 is 17.9 Å². The van der Waals surface area contributed by atoms with Crippen LogP contribution in [0.3, 0.4) is 0 Å². The van der Waals surface area contributed by atoms with Crippen molar-refractivity contribution in [3.05, 3.63) is 85.1 Å². The molecule has 0 saturated carbocycles. The van der Waals surface area contributed by atoms with Crippen LogP contribution < -0.4 is 0 Å².